The van der Waals surface area contributed by atoms with Crippen LogP contribution in [0.1, 0.15) is 49.7 Å². The molecular formula is C33H40N8O3. The molecule has 11 nitrogen and oxygen atoms in total. The number of carbonyl (C=O) groups is 1. The molecule has 0 radical (unpaired) electrons. The van der Waals surface area contributed by atoms with E-state index in [1.54, 1.807) is 29.0 Å². The topological polar surface area (TPSA) is 121 Å². The van der Waals surface area contributed by atoms with Crippen LogP contribution in [0, 0.1) is 11.3 Å². The normalized spacial score (nSPS) is 16.5. The summed E-state index contributed by atoms with van der Waals surface area (Å²) in [5.74, 6) is 1.41. The fourth-order valence-corrected chi connectivity index (χ4v) is 5.52. The maximum Gasteiger partial charge on any atom is 0.270 e. The summed E-state index contributed by atoms with van der Waals surface area (Å²) in [6.45, 7) is 12.3. The number of ether oxygens (including phenoxy) is 2. The molecular weight excluding hydrogens is 556 g/mol. The highest BCUT2D eigenvalue weighted by molar-refractivity contribution is 5.92. The molecule has 230 valence electrons. The minimum atomic E-state index is -0.311. The van der Waals surface area contributed by atoms with E-state index in [9.17, 15) is 10.1 Å². The summed E-state index contributed by atoms with van der Waals surface area (Å²) in [5.41, 5.74) is 3.06. The number of aromatic nitrogens is 4. The van der Waals surface area contributed by atoms with E-state index in [4.69, 9.17) is 14.5 Å². The molecule has 1 amide bonds. The van der Waals surface area contributed by atoms with Crippen LogP contribution in [0.2, 0.25) is 0 Å². The number of fused-ring (bicyclic) bond motifs is 1. The molecule has 6 rings (SSSR count). The molecule has 1 N–H and O–H groups in total. The Balaban J connectivity index is 0.00000188. The highest BCUT2D eigenvalue weighted by Gasteiger charge is 2.32. The van der Waals surface area contributed by atoms with Crippen LogP contribution in [0.15, 0.2) is 61.2 Å². The standard InChI is InChI=1S/C31H34N8O3.C2H6/c1-31(36-30(40)27-4-2-3-9-33-27)7-10-38(11-8-31)28-6-5-23(20-34-28)26-18-25(22-39-29(26)24(19-32)21-35-39)42-17-14-37-12-15-41-16-13-37;1-2/h2-6,9,18,20-22H,7-8,10-17H2,1H3,(H,36,40);1-2H3. The van der Waals surface area contributed by atoms with Gasteiger partial charge in [0.25, 0.3) is 5.91 Å². The number of carbonyl (C=O) groups excluding carboxylic acids is 1. The Bertz CT molecular complexity index is 1570. The Hall–Kier alpha value is -4.53. The van der Waals surface area contributed by atoms with Gasteiger partial charge >= 0.3 is 0 Å². The molecule has 0 unspecified atom stereocenters. The van der Waals surface area contributed by atoms with Crippen LogP contribution in [-0.4, -0.2) is 88.5 Å². The third-order valence-corrected chi connectivity index (χ3v) is 8.05. The molecule has 4 aromatic rings. The zero-order valence-corrected chi connectivity index (χ0v) is 25.7. The van der Waals surface area contributed by atoms with Crippen LogP contribution in [0.5, 0.6) is 5.75 Å². The lowest BCUT2D eigenvalue weighted by molar-refractivity contribution is 0.0322. The molecule has 2 saturated heterocycles. The number of amides is 1. The Morgan fingerprint density at radius 1 is 1.09 bits per heavy atom. The van der Waals surface area contributed by atoms with Crippen molar-refractivity contribution >= 4 is 17.2 Å². The number of hydrogen-bond acceptors (Lipinski definition) is 9. The van der Waals surface area contributed by atoms with E-state index in [2.05, 4.69) is 38.2 Å². The molecule has 44 heavy (non-hydrogen) atoms. The SMILES string of the molecule is CC.CC1(NC(=O)c2ccccn2)CCN(c2ccc(-c3cc(OCCN4CCOCC4)cn4ncc(C#N)c34)cn2)CC1. The summed E-state index contributed by atoms with van der Waals surface area (Å²) >= 11 is 0. The number of nitrogens with zero attached hydrogens (tertiary/aromatic N) is 7. The predicted octanol–water partition coefficient (Wildman–Crippen LogP) is 4.19. The molecule has 0 bridgehead atoms. The lowest BCUT2D eigenvalue weighted by Crippen LogP contribution is -2.53. The van der Waals surface area contributed by atoms with Gasteiger partial charge in [-0.25, -0.2) is 9.50 Å². The summed E-state index contributed by atoms with van der Waals surface area (Å²) in [4.78, 5) is 26.2. The van der Waals surface area contributed by atoms with Crippen molar-refractivity contribution in [1.29, 1.82) is 5.26 Å². The average Bonchev–Trinajstić information content (AvgIpc) is 3.50. The lowest BCUT2D eigenvalue weighted by atomic mass is 9.89. The Morgan fingerprint density at radius 3 is 2.57 bits per heavy atom. The van der Waals surface area contributed by atoms with Crippen LogP contribution in [0.25, 0.3) is 16.6 Å². The monoisotopic (exact) mass is 596 g/mol. The van der Waals surface area contributed by atoms with E-state index >= 15 is 0 Å². The number of piperidine rings is 1. The van der Waals surface area contributed by atoms with Gasteiger partial charge in [-0.15, -0.1) is 0 Å². The van der Waals surface area contributed by atoms with Crippen molar-refractivity contribution in [1.82, 2.24) is 29.8 Å². The summed E-state index contributed by atoms with van der Waals surface area (Å²) in [5, 5.41) is 17.3. The highest BCUT2D eigenvalue weighted by atomic mass is 16.5. The van der Waals surface area contributed by atoms with Gasteiger partial charge in [-0.05, 0) is 50.1 Å². The van der Waals surface area contributed by atoms with Crippen LogP contribution < -0.4 is 15.0 Å². The van der Waals surface area contributed by atoms with Crippen molar-refractivity contribution in [2.45, 2.75) is 39.2 Å². The number of pyridine rings is 3. The van der Waals surface area contributed by atoms with E-state index in [-0.39, 0.29) is 11.4 Å². The van der Waals surface area contributed by atoms with Gasteiger partial charge in [0.2, 0.25) is 0 Å². The van der Waals surface area contributed by atoms with Crippen molar-refractivity contribution < 1.29 is 14.3 Å². The maximum atomic E-state index is 12.7. The van der Waals surface area contributed by atoms with Crippen LogP contribution in [0.3, 0.4) is 0 Å². The lowest BCUT2D eigenvalue weighted by Gasteiger charge is -2.40. The second-order valence-corrected chi connectivity index (χ2v) is 11.0. The molecule has 0 atom stereocenters. The first kappa shape index (κ1) is 30.9. The van der Waals surface area contributed by atoms with Gasteiger partial charge in [0.15, 0.2) is 0 Å². The zero-order chi connectivity index (χ0) is 30.9. The molecule has 4 aromatic heterocycles. The molecule has 6 heterocycles. The highest BCUT2D eigenvalue weighted by Crippen LogP contribution is 2.32. The smallest absolute Gasteiger partial charge is 0.270 e. The minimum Gasteiger partial charge on any atom is -0.491 e. The van der Waals surface area contributed by atoms with Gasteiger partial charge in [0, 0.05) is 61.8 Å². The van der Waals surface area contributed by atoms with Crippen LogP contribution in [0.4, 0.5) is 5.82 Å². The Kier molecular flexibility index (Phi) is 10.0. The first-order valence-electron chi connectivity index (χ1n) is 15.3. The quantitative estimate of drug-likeness (QED) is 0.319. The number of nitriles is 1. The van der Waals surface area contributed by atoms with Crippen molar-refractivity contribution in [3.63, 3.8) is 0 Å². The third-order valence-electron chi connectivity index (χ3n) is 8.05. The van der Waals surface area contributed by atoms with Gasteiger partial charge in [0.05, 0.1) is 36.7 Å². The van der Waals surface area contributed by atoms with Gasteiger partial charge in [0.1, 0.15) is 29.9 Å². The number of hydrogen-bond donors (Lipinski definition) is 1. The maximum absolute atomic E-state index is 12.7. The molecule has 0 saturated carbocycles. The Labute approximate surface area is 258 Å². The largest absolute Gasteiger partial charge is 0.491 e. The molecule has 0 spiro atoms. The molecule has 11 heteroatoms. The van der Waals surface area contributed by atoms with Crippen LogP contribution in [-0.2, 0) is 4.74 Å². The second-order valence-electron chi connectivity index (χ2n) is 11.0. The number of rotatable bonds is 8. The second kappa shape index (κ2) is 14.3. The number of morpholine rings is 1. The molecule has 2 aliphatic heterocycles. The molecule has 2 aliphatic rings. The molecule has 0 aromatic carbocycles. The summed E-state index contributed by atoms with van der Waals surface area (Å²) in [6.07, 6.45) is 8.45. The van der Waals surface area contributed by atoms with E-state index < -0.39 is 0 Å². The molecule has 2 fully saturated rings. The van der Waals surface area contributed by atoms with Crippen molar-refractivity contribution in [2.75, 3.05) is 57.4 Å². The summed E-state index contributed by atoms with van der Waals surface area (Å²) in [7, 11) is 0. The number of nitrogens with one attached hydrogen (secondary N) is 1. The van der Waals surface area contributed by atoms with E-state index in [1.165, 1.54) is 0 Å². The Morgan fingerprint density at radius 2 is 1.89 bits per heavy atom. The van der Waals surface area contributed by atoms with E-state index in [0.29, 0.717) is 23.6 Å². The number of anilines is 1. The fraction of sp³-hybridized carbons (Fsp3) is 0.424. The van der Waals surface area contributed by atoms with E-state index in [0.717, 1.165) is 81.2 Å². The van der Waals surface area contributed by atoms with E-state index in [1.807, 2.05) is 50.5 Å². The third kappa shape index (κ3) is 7.15. The zero-order valence-electron chi connectivity index (χ0n) is 25.7. The van der Waals surface area contributed by atoms with Crippen molar-refractivity contribution in [3.05, 3.63) is 72.4 Å². The first-order valence-corrected chi connectivity index (χ1v) is 15.3. The predicted molar refractivity (Wildman–Crippen MR) is 169 cm³/mol. The van der Waals surface area contributed by atoms with Gasteiger partial charge in [-0.3, -0.25) is 14.7 Å². The molecule has 0 aliphatic carbocycles. The van der Waals surface area contributed by atoms with Gasteiger partial charge in [-0.2, -0.15) is 10.4 Å². The van der Waals surface area contributed by atoms with Crippen LogP contribution >= 0.6 is 0 Å². The summed E-state index contributed by atoms with van der Waals surface area (Å²) < 4.78 is 13.3. The van der Waals surface area contributed by atoms with Crippen molar-refractivity contribution in [2.24, 2.45) is 0 Å². The summed E-state index contributed by atoms with van der Waals surface area (Å²) in [6, 6.07) is 13.6. The fourth-order valence-electron chi connectivity index (χ4n) is 5.52. The van der Waals surface area contributed by atoms with Crippen molar-refractivity contribution in [3.8, 4) is 22.9 Å². The van der Waals surface area contributed by atoms with Gasteiger partial charge in [-0.1, -0.05) is 19.9 Å². The average molecular weight is 597 g/mol. The first-order chi connectivity index (χ1) is 21.5. The van der Waals surface area contributed by atoms with Gasteiger partial charge < -0.3 is 19.7 Å². The minimum absolute atomic E-state index is 0.149.